The van der Waals surface area contributed by atoms with E-state index in [0.29, 0.717) is 18.1 Å². The highest BCUT2D eigenvalue weighted by Crippen LogP contribution is 2.17. The van der Waals surface area contributed by atoms with Crippen molar-refractivity contribution in [1.82, 2.24) is 9.55 Å². The Bertz CT molecular complexity index is 525. The Morgan fingerprint density at radius 3 is 2.68 bits per heavy atom. The number of carboxylic acids is 1. The Kier molecular flexibility index (Phi) is 4.41. The summed E-state index contributed by atoms with van der Waals surface area (Å²) in [4.78, 5) is 16.7. The summed E-state index contributed by atoms with van der Waals surface area (Å²) >= 11 is 5.83. The van der Waals surface area contributed by atoms with Crippen LogP contribution >= 0.6 is 11.6 Å². The third kappa shape index (κ3) is 3.99. The van der Waals surface area contributed by atoms with E-state index in [1.165, 1.54) is 0 Å². The maximum absolute atomic E-state index is 10.9. The third-order valence-corrected chi connectivity index (χ3v) is 2.96. The molecule has 0 atom stereocenters. The first-order valence-corrected chi connectivity index (χ1v) is 6.21. The number of halogens is 1. The molecule has 0 aliphatic rings. The van der Waals surface area contributed by atoms with Gasteiger partial charge < -0.3 is 14.6 Å². The number of hydrogen-bond acceptors (Lipinski definition) is 3. The van der Waals surface area contributed by atoms with Crippen LogP contribution in [0, 0.1) is 0 Å². The van der Waals surface area contributed by atoms with E-state index < -0.39 is 5.97 Å². The van der Waals surface area contributed by atoms with E-state index in [2.05, 4.69) is 4.98 Å². The van der Waals surface area contributed by atoms with E-state index in [-0.39, 0.29) is 6.54 Å². The summed E-state index contributed by atoms with van der Waals surface area (Å²) in [5.41, 5.74) is 0.840. The van der Waals surface area contributed by atoms with E-state index in [9.17, 15) is 4.79 Å². The normalized spacial score (nSPS) is 10.4. The number of aromatic nitrogens is 2. The summed E-state index contributed by atoms with van der Waals surface area (Å²) in [6.07, 6.45) is 5.26. The van der Waals surface area contributed by atoms with Crippen molar-refractivity contribution in [1.29, 1.82) is 0 Å². The summed E-state index contributed by atoms with van der Waals surface area (Å²) in [6.45, 7) is 1.22. The van der Waals surface area contributed by atoms with Gasteiger partial charge in [0, 0.05) is 36.2 Å². The molecule has 0 amide bonds. The Labute approximate surface area is 116 Å². The number of imidazole rings is 1. The van der Waals surface area contributed by atoms with Crippen molar-refractivity contribution >= 4 is 23.3 Å². The predicted molar refractivity (Wildman–Crippen MR) is 73.5 cm³/mol. The molecule has 2 aromatic rings. The first kappa shape index (κ1) is 13.4. The lowest BCUT2D eigenvalue weighted by Crippen LogP contribution is -2.32. The van der Waals surface area contributed by atoms with Gasteiger partial charge in [-0.1, -0.05) is 11.6 Å². The van der Waals surface area contributed by atoms with Gasteiger partial charge in [-0.2, -0.15) is 0 Å². The van der Waals surface area contributed by atoms with Crippen molar-refractivity contribution in [3.63, 3.8) is 0 Å². The van der Waals surface area contributed by atoms with Crippen LogP contribution in [0.4, 0.5) is 5.69 Å². The topological polar surface area (TPSA) is 58.4 Å². The van der Waals surface area contributed by atoms with Crippen LogP contribution in [-0.4, -0.2) is 33.7 Å². The predicted octanol–water partition coefficient (Wildman–Crippen LogP) is 2.13. The molecule has 1 aromatic carbocycles. The Hall–Kier alpha value is -2.01. The van der Waals surface area contributed by atoms with Crippen LogP contribution in [0.3, 0.4) is 0 Å². The molecule has 6 heteroatoms. The molecule has 2 rings (SSSR count). The average molecular weight is 280 g/mol. The molecule has 0 unspecified atom stereocenters. The first-order chi connectivity index (χ1) is 9.15. The summed E-state index contributed by atoms with van der Waals surface area (Å²) in [6, 6.07) is 7.14. The Morgan fingerprint density at radius 1 is 1.37 bits per heavy atom. The second-order valence-electron chi connectivity index (χ2n) is 4.09. The van der Waals surface area contributed by atoms with Gasteiger partial charge in [-0.25, -0.2) is 4.98 Å². The zero-order chi connectivity index (χ0) is 13.7. The minimum Gasteiger partial charge on any atom is -0.480 e. The van der Waals surface area contributed by atoms with Crippen molar-refractivity contribution in [3.8, 4) is 0 Å². The van der Waals surface area contributed by atoms with E-state index in [0.717, 1.165) is 5.69 Å². The van der Waals surface area contributed by atoms with Gasteiger partial charge in [0.05, 0.1) is 6.33 Å². The number of rotatable bonds is 6. The van der Waals surface area contributed by atoms with Crippen molar-refractivity contribution in [3.05, 3.63) is 48.0 Å². The summed E-state index contributed by atoms with van der Waals surface area (Å²) in [7, 11) is 0. The highest BCUT2D eigenvalue weighted by Gasteiger charge is 2.10. The number of carboxylic acid groups (broad SMARTS) is 1. The second kappa shape index (κ2) is 6.24. The van der Waals surface area contributed by atoms with E-state index in [1.807, 2.05) is 22.9 Å². The molecule has 0 saturated carbocycles. The molecule has 0 bridgehead atoms. The van der Waals surface area contributed by atoms with Gasteiger partial charge in [0.25, 0.3) is 0 Å². The molecule has 0 spiro atoms. The van der Waals surface area contributed by atoms with Crippen molar-refractivity contribution in [2.24, 2.45) is 0 Å². The van der Waals surface area contributed by atoms with Crippen LogP contribution in [0.15, 0.2) is 43.0 Å². The van der Waals surface area contributed by atoms with Gasteiger partial charge in [-0.05, 0) is 24.3 Å². The van der Waals surface area contributed by atoms with E-state index in [1.54, 1.807) is 29.6 Å². The van der Waals surface area contributed by atoms with Gasteiger partial charge >= 0.3 is 5.97 Å². The van der Waals surface area contributed by atoms with Crippen LogP contribution < -0.4 is 4.90 Å². The Balaban J connectivity index is 2.06. The lowest BCUT2D eigenvalue weighted by Gasteiger charge is -2.23. The number of nitrogens with zero attached hydrogens (tertiary/aromatic N) is 3. The third-order valence-electron chi connectivity index (χ3n) is 2.71. The van der Waals surface area contributed by atoms with Crippen LogP contribution in [-0.2, 0) is 11.3 Å². The molecule has 1 aromatic heterocycles. The number of carbonyl (C=O) groups is 1. The molecule has 100 valence electrons. The molecule has 0 aliphatic heterocycles. The summed E-state index contributed by atoms with van der Waals surface area (Å²) in [5.74, 6) is -0.861. The van der Waals surface area contributed by atoms with Crippen molar-refractivity contribution in [2.75, 3.05) is 18.0 Å². The fourth-order valence-electron chi connectivity index (χ4n) is 1.77. The molecule has 0 aliphatic carbocycles. The standard InChI is InChI=1S/C13H14ClN3O2/c14-11-1-3-12(4-2-11)17(9-13(18)19)8-7-16-6-5-15-10-16/h1-6,10H,7-9H2,(H,18,19). The fraction of sp³-hybridized carbons (Fsp3) is 0.231. The SMILES string of the molecule is O=C(O)CN(CCn1ccnc1)c1ccc(Cl)cc1. The first-order valence-electron chi connectivity index (χ1n) is 5.83. The Morgan fingerprint density at radius 2 is 2.11 bits per heavy atom. The van der Waals surface area contributed by atoms with E-state index >= 15 is 0 Å². The van der Waals surface area contributed by atoms with Crippen molar-refractivity contribution in [2.45, 2.75) is 6.54 Å². The molecular formula is C13H14ClN3O2. The monoisotopic (exact) mass is 279 g/mol. The molecule has 19 heavy (non-hydrogen) atoms. The number of aliphatic carboxylic acids is 1. The molecular weight excluding hydrogens is 266 g/mol. The zero-order valence-corrected chi connectivity index (χ0v) is 11.0. The number of benzene rings is 1. The molecule has 0 saturated heterocycles. The highest BCUT2D eigenvalue weighted by atomic mass is 35.5. The lowest BCUT2D eigenvalue weighted by molar-refractivity contribution is -0.135. The molecule has 1 heterocycles. The minimum atomic E-state index is -0.861. The average Bonchev–Trinajstić information content (AvgIpc) is 2.88. The van der Waals surface area contributed by atoms with Crippen LogP contribution in [0.2, 0.25) is 5.02 Å². The molecule has 0 fully saturated rings. The van der Waals surface area contributed by atoms with Gasteiger partial charge in [0.1, 0.15) is 6.54 Å². The van der Waals surface area contributed by atoms with Gasteiger partial charge in [0.15, 0.2) is 0 Å². The summed E-state index contributed by atoms with van der Waals surface area (Å²) < 4.78 is 1.91. The molecule has 1 N–H and O–H groups in total. The second-order valence-corrected chi connectivity index (χ2v) is 4.53. The maximum Gasteiger partial charge on any atom is 0.323 e. The van der Waals surface area contributed by atoms with Gasteiger partial charge in [-0.3, -0.25) is 4.79 Å². The summed E-state index contributed by atoms with van der Waals surface area (Å²) in [5, 5.41) is 9.60. The highest BCUT2D eigenvalue weighted by molar-refractivity contribution is 6.30. The van der Waals surface area contributed by atoms with Gasteiger partial charge in [-0.15, -0.1) is 0 Å². The van der Waals surface area contributed by atoms with E-state index in [4.69, 9.17) is 16.7 Å². The number of anilines is 1. The smallest absolute Gasteiger partial charge is 0.323 e. The van der Waals surface area contributed by atoms with Crippen LogP contribution in [0.5, 0.6) is 0 Å². The van der Waals surface area contributed by atoms with Crippen LogP contribution in [0.1, 0.15) is 0 Å². The quantitative estimate of drug-likeness (QED) is 0.880. The minimum absolute atomic E-state index is 0.0453. The van der Waals surface area contributed by atoms with Crippen LogP contribution in [0.25, 0.3) is 0 Å². The van der Waals surface area contributed by atoms with Crippen molar-refractivity contribution < 1.29 is 9.90 Å². The maximum atomic E-state index is 10.9. The lowest BCUT2D eigenvalue weighted by atomic mass is 10.3. The fourth-order valence-corrected chi connectivity index (χ4v) is 1.90. The largest absolute Gasteiger partial charge is 0.480 e. The number of hydrogen-bond donors (Lipinski definition) is 1. The zero-order valence-electron chi connectivity index (χ0n) is 10.2. The van der Waals surface area contributed by atoms with Gasteiger partial charge in [0.2, 0.25) is 0 Å². The molecule has 5 nitrogen and oxygen atoms in total. The molecule has 0 radical (unpaired) electrons.